The first-order valence-corrected chi connectivity index (χ1v) is 11.8. The largest absolute Gasteiger partial charge is 0.340 e. The molecule has 0 aliphatic carbocycles. The second kappa shape index (κ2) is 9.40. The van der Waals surface area contributed by atoms with Gasteiger partial charge in [0.15, 0.2) is 15.7 Å². The minimum atomic E-state index is -3.64. The average molecular weight is 441 g/mol. The van der Waals surface area contributed by atoms with Crippen molar-refractivity contribution in [3.05, 3.63) is 66.5 Å². The van der Waals surface area contributed by atoms with Gasteiger partial charge >= 0.3 is 0 Å². The summed E-state index contributed by atoms with van der Waals surface area (Å²) in [4.78, 5) is 21.1. The van der Waals surface area contributed by atoms with E-state index in [1.807, 2.05) is 30.3 Å². The van der Waals surface area contributed by atoms with Gasteiger partial charge in [-0.1, -0.05) is 41.6 Å². The number of aromatic nitrogens is 2. The summed E-state index contributed by atoms with van der Waals surface area (Å²) in [6.45, 7) is 2.89. The van der Waals surface area contributed by atoms with Gasteiger partial charge in [-0.3, -0.25) is 9.69 Å². The van der Waals surface area contributed by atoms with E-state index in [9.17, 15) is 13.2 Å². The summed E-state index contributed by atoms with van der Waals surface area (Å²) in [5.41, 5.74) is 0.869. The number of benzene rings is 2. The van der Waals surface area contributed by atoms with Gasteiger partial charge in [-0.25, -0.2) is 8.42 Å². The number of carbonyl (C=O) groups is 1. The molecule has 0 radical (unpaired) electrons. The maximum Gasteiger partial charge on any atom is 0.257 e. The van der Waals surface area contributed by atoms with Crippen molar-refractivity contribution in [2.24, 2.45) is 0 Å². The van der Waals surface area contributed by atoms with Gasteiger partial charge in [-0.2, -0.15) is 4.98 Å². The van der Waals surface area contributed by atoms with Crippen LogP contribution < -0.4 is 0 Å². The number of amides is 1. The average Bonchev–Trinajstić information content (AvgIpc) is 3.12. The minimum Gasteiger partial charge on any atom is -0.340 e. The standard InChI is InChI=1S/C22H24N4O4S/c27-21(17-31(28,29)19-10-5-2-6-11-19)26-13-7-12-25(14-15-26)16-20-23-22(30-24-20)18-8-3-1-4-9-18/h1-6,8-11H,7,12-17H2. The van der Waals surface area contributed by atoms with Crippen LogP contribution >= 0.6 is 0 Å². The first kappa shape index (κ1) is 21.2. The van der Waals surface area contributed by atoms with E-state index in [1.54, 1.807) is 23.1 Å². The molecular weight excluding hydrogens is 416 g/mol. The smallest absolute Gasteiger partial charge is 0.257 e. The van der Waals surface area contributed by atoms with E-state index in [0.29, 0.717) is 37.9 Å². The lowest BCUT2D eigenvalue weighted by Crippen LogP contribution is -2.38. The van der Waals surface area contributed by atoms with Gasteiger partial charge in [0.25, 0.3) is 5.89 Å². The van der Waals surface area contributed by atoms with Crippen LogP contribution in [0.2, 0.25) is 0 Å². The fourth-order valence-electron chi connectivity index (χ4n) is 3.56. The van der Waals surface area contributed by atoms with Crippen molar-refractivity contribution in [3.8, 4) is 11.5 Å². The van der Waals surface area contributed by atoms with Crippen molar-refractivity contribution < 1.29 is 17.7 Å². The summed E-state index contributed by atoms with van der Waals surface area (Å²) >= 11 is 0. The Morgan fingerprint density at radius 1 is 0.935 bits per heavy atom. The highest BCUT2D eigenvalue weighted by Gasteiger charge is 2.25. The lowest BCUT2D eigenvalue weighted by Gasteiger charge is -2.21. The number of carbonyl (C=O) groups excluding carboxylic acids is 1. The molecule has 1 aliphatic rings. The van der Waals surface area contributed by atoms with Crippen molar-refractivity contribution in [1.82, 2.24) is 19.9 Å². The Morgan fingerprint density at radius 3 is 2.39 bits per heavy atom. The second-order valence-corrected chi connectivity index (χ2v) is 9.45. The first-order valence-electron chi connectivity index (χ1n) is 10.2. The lowest BCUT2D eigenvalue weighted by atomic mass is 10.2. The summed E-state index contributed by atoms with van der Waals surface area (Å²) in [5.74, 6) is 0.192. The van der Waals surface area contributed by atoms with Crippen molar-refractivity contribution in [2.45, 2.75) is 17.9 Å². The summed E-state index contributed by atoms with van der Waals surface area (Å²) in [5, 5.41) is 4.07. The Balaban J connectivity index is 1.33. The summed E-state index contributed by atoms with van der Waals surface area (Å²) in [6.07, 6.45) is 0.751. The zero-order valence-electron chi connectivity index (χ0n) is 17.1. The molecule has 0 unspecified atom stereocenters. The normalized spacial score (nSPS) is 15.5. The Hall–Kier alpha value is -3.04. The van der Waals surface area contributed by atoms with Crippen LogP contribution in [0, 0.1) is 0 Å². The van der Waals surface area contributed by atoms with Crippen LogP contribution in [0.4, 0.5) is 0 Å². The Morgan fingerprint density at radius 2 is 1.65 bits per heavy atom. The molecule has 0 atom stereocenters. The number of rotatable bonds is 6. The van der Waals surface area contributed by atoms with Gasteiger partial charge < -0.3 is 9.42 Å². The first-order chi connectivity index (χ1) is 15.0. The van der Waals surface area contributed by atoms with E-state index in [0.717, 1.165) is 18.5 Å². The summed E-state index contributed by atoms with van der Waals surface area (Å²) in [6, 6.07) is 17.7. The molecule has 2 heterocycles. The van der Waals surface area contributed by atoms with Gasteiger partial charge in [0.1, 0.15) is 5.75 Å². The lowest BCUT2D eigenvalue weighted by molar-refractivity contribution is -0.128. The van der Waals surface area contributed by atoms with E-state index in [2.05, 4.69) is 15.0 Å². The van der Waals surface area contributed by atoms with E-state index >= 15 is 0 Å². The highest BCUT2D eigenvalue weighted by molar-refractivity contribution is 7.92. The fourth-order valence-corrected chi connectivity index (χ4v) is 4.81. The maximum atomic E-state index is 12.7. The number of hydrogen-bond acceptors (Lipinski definition) is 7. The maximum absolute atomic E-state index is 12.7. The third-order valence-corrected chi connectivity index (χ3v) is 6.83. The third-order valence-electron chi connectivity index (χ3n) is 5.21. The fraction of sp³-hybridized carbons (Fsp3) is 0.318. The topological polar surface area (TPSA) is 96.6 Å². The molecule has 1 saturated heterocycles. The van der Waals surface area contributed by atoms with Gasteiger partial charge in [-0.15, -0.1) is 0 Å². The molecule has 0 spiro atoms. The Labute approximate surface area is 181 Å². The molecular formula is C22H24N4O4S. The van der Waals surface area contributed by atoms with Crippen LogP contribution in [0.15, 0.2) is 70.1 Å². The molecule has 9 heteroatoms. The molecule has 1 fully saturated rings. The number of hydrogen-bond donors (Lipinski definition) is 0. The van der Waals surface area contributed by atoms with E-state index in [1.165, 1.54) is 12.1 Å². The van der Waals surface area contributed by atoms with Crippen molar-refractivity contribution in [2.75, 3.05) is 31.9 Å². The van der Waals surface area contributed by atoms with Crippen LogP contribution in [0.1, 0.15) is 12.2 Å². The molecule has 2 aromatic carbocycles. The second-order valence-electron chi connectivity index (χ2n) is 7.46. The van der Waals surface area contributed by atoms with Crippen LogP contribution in [0.5, 0.6) is 0 Å². The van der Waals surface area contributed by atoms with Crippen molar-refractivity contribution >= 4 is 15.7 Å². The van der Waals surface area contributed by atoms with Gasteiger partial charge in [0.2, 0.25) is 5.91 Å². The minimum absolute atomic E-state index is 0.172. The number of sulfone groups is 1. The molecule has 0 bridgehead atoms. The molecule has 31 heavy (non-hydrogen) atoms. The molecule has 4 rings (SSSR count). The highest BCUT2D eigenvalue weighted by Crippen LogP contribution is 2.17. The van der Waals surface area contributed by atoms with Crippen molar-refractivity contribution in [3.63, 3.8) is 0 Å². The predicted octanol–water partition coefficient (Wildman–Crippen LogP) is 2.24. The molecule has 8 nitrogen and oxygen atoms in total. The summed E-state index contributed by atoms with van der Waals surface area (Å²) < 4.78 is 30.4. The molecule has 162 valence electrons. The number of nitrogens with zero attached hydrogens (tertiary/aromatic N) is 4. The quantitative estimate of drug-likeness (QED) is 0.580. The van der Waals surface area contributed by atoms with Crippen molar-refractivity contribution in [1.29, 1.82) is 0 Å². The third kappa shape index (κ3) is 5.36. The zero-order chi connectivity index (χ0) is 21.7. The molecule has 3 aromatic rings. The molecule has 0 N–H and O–H groups in total. The molecule has 1 amide bonds. The molecule has 1 aromatic heterocycles. The van der Waals surface area contributed by atoms with E-state index in [4.69, 9.17) is 4.52 Å². The SMILES string of the molecule is O=C(CS(=O)(=O)c1ccccc1)N1CCCN(Cc2noc(-c3ccccc3)n2)CC1. The van der Waals surface area contributed by atoms with E-state index in [-0.39, 0.29) is 10.8 Å². The molecule has 0 saturated carbocycles. The Kier molecular flexibility index (Phi) is 6.43. The zero-order valence-corrected chi connectivity index (χ0v) is 17.9. The van der Waals surface area contributed by atoms with Crippen LogP contribution in [-0.4, -0.2) is 66.2 Å². The molecule has 1 aliphatic heterocycles. The van der Waals surface area contributed by atoms with Gasteiger partial charge in [-0.05, 0) is 30.7 Å². The van der Waals surface area contributed by atoms with Crippen LogP contribution in [0.25, 0.3) is 11.5 Å². The van der Waals surface area contributed by atoms with Crippen LogP contribution in [0.3, 0.4) is 0 Å². The highest BCUT2D eigenvalue weighted by atomic mass is 32.2. The van der Waals surface area contributed by atoms with E-state index < -0.39 is 15.6 Å². The van der Waals surface area contributed by atoms with Gasteiger partial charge in [0, 0.05) is 31.7 Å². The van der Waals surface area contributed by atoms with Crippen LogP contribution in [-0.2, 0) is 21.2 Å². The Bertz CT molecular complexity index is 1120. The van der Waals surface area contributed by atoms with Gasteiger partial charge in [0.05, 0.1) is 11.4 Å². The predicted molar refractivity (Wildman–Crippen MR) is 115 cm³/mol. The summed E-state index contributed by atoms with van der Waals surface area (Å²) in [7, 11) is -3.64. The monoisotopic (exact) mass is 440 g/mol.